The molecule has 0 fully saturated rings. The molecule has 138 valence electrons. The maximum absolute atomic E-state index is 12.8. The largest absolute Gasteiger partial charge is 0.437 e. The number of benzene rings is 2. The first-order valence-corrected chi connectivity index (χ1v) is 7.90. The van der Waals surface area contributed by atoms with Crippen LogP contribution < -0.4 is 10.1 Å². The van der Waals surface area contributed by atoms with Crippen molar-refractivity contribution in [3.05, 3.63) is 78.2 Å². The molecule has 0 aliphatic rings. The van der Waals surface area contributed by atoms with E-state index in [-0.39, 0.29) is 12.0 Å². The second-order valence-electron chi connectivity index (χ2n) is 5.60. The highest BCUT2D eigenvalue weighted by molar-refractivity contribution is 5.92. The van der Waals surface area contributed by atoms with Gasteiger partial charge in [-0.05, 0) is 23.8 Å². The fourth-order valence-corrected chi connectivity index (χ4v) is 2.34. The lowest BCUT2D eigenvalue weighted by Gasteiger charge is -2.10. The quantitative estimate of drug-likeness (QED) is 0.717. The summed E-state index contributed by atoms with van der Waals surface area (Å²) in [6.07, 6.45) is -0.191. The van der Waals surface area contributed by atoms with E-state index < -0.39 is 17.6 Å². The smallest absolute Gasteiger partial charge is 0.416 e. The van der Waals surface area contributed by atoms with Crippen LogP contribution in [0, 0.1) is 0 Å². The first-order valence-electron chi connectivity index (χ1n) is 7.90. The Hall–Kier alpha value is -3.42. The van der Waals surface area contributed by atoms with Gasteiger partial charge < -0.3 is 10.1 Å². The van der Waals surface area contributed by atoms with Crippen LogP contribution in [0.2, 0.25) is 0 Å². The van der Waals surface area contributed by atoms with Crippen LogP contribution in [-0.4, -0.2) is 15.9 Å². The van der Waals surface area contributed by atoms with Crippen molar-refractivity contribution in [1.82, 2.24) is 9.97 Å². The van der Waals surface area contributed by atoms with Crippen LogP contribution in [-0.2, 0) is 17.4 Å². The second kappa shape index (κ2) is 7.86. The fraction of sp³-hybridized carbons (Fsp3) is 0.105. The molecule has 2 aromatic carbocycles. The highest BCUT2D eigenvalue weighted by Crippen LogP contribution is 2.29. The van der Waals surface area contributed by atoms with Gasteiger partial charge in [0, 0.05) is 24.1 Å². The normalized spacial score (nSPS) is 11.1. The van der Waals surface area contributed by atoms with E-state index in [2.05, 4.69) is 15.3 Å². The Kier molecular flexibility index (Phi) is 5.35. The molecule has 3 rings (SSSR count). The summed E-state index contributed by atoms with van der Waals surface area (Å²) in [4.78, 5) is 20.0. The minimum atomic E-state index is -4.45. The number of nitrogens with one attached hydrogen (secondary N) is 1. The summed E-state index contributed by atoms with van der Waals surface area (Å²) in [5.41, 5.74) is -0.0603. The monoisotopic (exact) mass is 373 g/mol. The van der Waals surface area contributed by atoms with Crippen molar-refractivity contribution in [3.63, 3.8) is 0 Å². The zero-order valence-corrected chi connectivity index (χ0v) is 13.9. The lowest BCUT2D eigenvalue weighted by Crippen LogP contribution is -2.15. The van der Waals surface area contributed by atoms with Crippen LogP contribution in [0.4, 0.5) is 18.9 Å². The van der Waals surface area contributed by atoms with Crippen molar-refractivity contribution < 1.29 is 22.7 Å². The Morgan fingerprint density at radius 2 is 1.89 bits per heavy atom. The minimum Gasteiger partial charge on any atom is -0.437 e. The van der Waals surface area contributed by atoms with E-state index in [1.165, 1.54) is 30.7 Å². The summed E-state index contributed by atoms with van der Waals surface area (Å²) in [5.74, 6) is 0.295. The average molecular weight is 373 g/mol. The highest BCUT2D eigenvalue weighted by atomic mass is 19.4. The zero-order chi connectivity index (χ0) is 19.3. The Morgan fingerprint density at radius 1 is 1.07 bits per heavy atom. The number of carbonyl (C=O) groups excluding carboxylic acids is 1. The van der Waals surface area contributed by atoms with Gasteiger partial charge in [0.15, 0.2) is 0 Å². The van der Waals surface area contributed by atoms with Gasteiger partial charge in [-0.25, -0.2) is 4.98 Å². The van der Waals surface area contributed by atoms with Crippen molar-refractivity contribution in [2.75, 3.05) is 5.32 Å². The molecule has 1 heterocycles. The highest BCUT2D eigenvalue weighted by Gasteiger charge is 2.30. The zero-order valence-electron chi connectivity index (χ0n) is 13.9. The van der Waals surface area contributed by atoms with Gasteiger partial charge >= 0.3 is 6.18 Å². The number of ether oxygens (including phenoxy) is 1. The molecule has 0 bridgehead atoms. The van der Waals surface area contributed by atoms with Gasteiger partial charge in [-0.3, -0.25) is 9.78 Å². The Labute approximate surface area is 152 Å². The molecule has 3 aromatic rings. The van der Waals surface area contributed by atoms with Crippen LogP contribution >= 0.6 is 0 Å². The van der Waals surface area contributed by atoms with E-state index in [1.807, 2.05) is 0 Å². The lowest BCUT2D eigenvalue weighted by atomic mass is 10.1. The first kappa shape index (κ1) is 18.4. The predicted octanol–water partition coefficient (Wildman–Crippen LogP) is 4.47. The summed E-state index contributed by atoms with van der Waals surface area (Å²) >= 11 is 0. The molecule has 27 heavy (non-hydrogen) atoms. The van der Waals surface area contributed by atoms with E-state index in [9.17, 15) is 18.0 Å². The van der Waals surface area contributed by atoms with Crippen LogP contribution in [0.15, 0.2) is 67.1 Å². The van der Waals surface area contributed by atoms with E-state index in [0.29, 0.717) is 17.3 Å². The molecule has 0 radical (unpaired) electrons. The molecule has 1 aromatic heterocycles. The van der Waals surface area contributed by atoms with Gasteiger partial charge in [0.05, 0.1) is 18.2 Å². The summed E-state index contributed by atoms with van der Waals surface area (Å²) in [6, 6.07) is 11.3. The number of aromatic nitrogens is 2. The number of nitrogens with zero attached hydrogens (tertiary/aromatic N) is 2. The molecule has 1 N–H and O–H groups in total. The molecule has 5 nitrogen and oxygen atoms in total. The molecule has 0 spiro atoms. The summed E-state index contributed by atoms with van der Waals surface area (Å²) in [5, 5.41) is 2.64. The topological polar surface area (TPSA) is 64.1 Å². The van der Waals surface area contributed by atoms with Crippen LogP contribution in [0.25, 0.3) is 0 Å². The Balaban J connectivity index is 1.65. The first-order chi connectivity index (χ1) is 12.9. The molecule has 0 atom stereocenters. The summed E-state index contributed by atoms with van der Waals surface area (Å²) in [6.45, 7) is 0. The third kappa shape index (κ3) is 5.27. The SMILES string of the molecule is O=C(Cc1cccc(C(F)(F)F)c1)Nc1cccc(Oc2cnccn2)c1. The number of amides is 1. The molecular weight excluding hydrogens is 359 g/mol. The molecular formula is C19H14F3N3O2. The maximum Gasteiger partial charge on any atom is 0.416 e. The maximum atomic E-state index is 12.8. The third-order valence-electron chi connectivity index (χ3n) is 3.50. The van der Waals surface area contributed by atoms with Gasteiger partial charge in [0.2, 0.25) is 11.8 Å². The van der Waals surface area contributed by atoms with Crippen molar-refractivity contribution in [2.45, 2.75) is 12.6 Å². The molecule has 0 unspecified atom stereocenters. The molecule has 0 saturated carbocycles. The number of alkyl halides is 3. The fourth-order valence-electron chi connectivity index (χ4n) is 2.34. The van der Waals surface area contributed by atoms with Crippen LogP contribution in [0.5, 0.6) is 11.6 Å². The molecule has 0 saturated heterocycles. The van der Waals surface area contributed by atoms with Gasteiger partial charge in [-0.2, -0.15) is 13.2 Å². The number of anilines is 1. The van der Waals surface area contributed by atoms with Gasteiger partial charge in [0.1, 0.15) is 5.75 Å². The van der Waals surface area contributed by atoms with E-state index in [4.69, 9.17) is 4.74 Å². The van der Waals surface area contributed by atoms with E-state index in [0.717, 1.165) is 12.1 Å². The molecule has 1 amide bonds. The molecule has 0 aliphatic heterocycles. The van der Waals surface area contributed by atoms with Gasteiger partial charge in [-0.15, -0.1) is 0 Å². The molecule has 8 heteroatoms. The lowest BCUT2D eigenvalue weighted by molar-refractivity contribution is -0.137. The van der Waals surface area contributed by atoms with Crippen LogP contribution in [0.1, 0.15) is 11.1 Å². The van der Waals surface area contributed by atoms with E-state index in [1.54, 1.807) is 24.3 Å². The van der Waals surface area contributed by atoms with Crippen molar-refractivity contribution in [2.24, 2.45) is 0 Å². The van der Waals surface area contributed by atoms with Gasteiger partial charge in [0.25, 0.3) is 0 Å². The van der Waals surface area contributed by atoms with Gasteiger partial charge in [-0.1, -0.05) is 24.3 Å². The van der Waals surface area contributed by atoms with E-state index >= 15 is 0 Å². The van der Waals surface area contributed by atoms with Crippen molar-refractivity contribution in [1.29, 1.82) is 0 Å². The number of hydrogen-bond donors (Lipinski definition) is 1. The molecule has 0 aliphatic carbocycles. The number of hydrogen-bond acceptors (Lipinski definition) is 4. The number of halogens is 3. The average Bonchev–Trinajstić information content (AvgIpc) is 2.62. The Bertz CT molecular complexity index is 931. The minimum absolute atomic E-state index is 0.181. The van der Waals surface area contributed by atoms with Crippen LogP contribution in [0.3, 0.4) is 0 Å². The van der Waals surface area contributed by atoms with Crippen molar-refractivity contribution >= 4 is 11.6 Å². The predicted molar refractivity (Wildman–Crippen MR) is 92.3 cm³/mol. The second-order valence-corrected chi connectivity index (χ2v) is 5.60. The summed E-state index contributed by atoms with van der Waals surface area (Å²) < 4.78 is 43.8. The standard InChI is InChI=1S/C19H14F3N3O2/c20-19(21,22)14-4-1-3-13(9-14)10-17(26)25-15-5-2-6-16(11-15)27-18-12-23-7-8-24-18/h1-9,11-12H,10H2,(H,25,26). The Morgan fingerprint density at radius 3 is 2.63 bits per heavy atom. The third-order valence-corrected chi connectivity index (χ3v) is 3.50. The van der Waals surface area contributed by atoms with Crippen molar-refractivity contribution in [3.8, 4) is 11.6 Å². The number of rotatable bonds is 5. The summed E-state index contributed by atoms with van der Waals surface area (Å²) in [7, 11) is 0. The number of carbonyl (C=O) groups is 1.